The molecule has 13 heavy (non-hydrogen) atoms. The number of aliphatic hydroxyl groups excluding tert-OH is 1. The van der Waals surface area contributed by atoms with Gasteiger partial charge >= 0.3 is 5.97 Å². The molecule has 5 nitrogen and oxygen atoms in total. The molecular weight excluding hydrogens is 174 g/mol. The van der Waals surface area contributed by atoms with Crippen LogP contribution in [0.4, 0.5) is 0 Å². The summed E-state index contributed by atoms with van der Waals surface area (Å²) >= 11 is 0. The van der Waals surface area contributed by atoms with E-state index in [0.29, 0.717) is 5.57 Å². The van der Waals surface area contributed by atoms with Crippen LogP contribution in [0.3, 0.4) is 0 Å². The maximum Gasteiger partial charge on any atom is 0.335 e. The van der Waals surface area contributed by atoms with Crippen molar-refractivity contribution in [3.63, 3.8) is 0 Å². The molecule has 1 heterocycles. The number of rotatable bonds is 2. The number of fused-ring (bicyclic) bond motifs is 1. The van der Waals surface area contributed by atoms with Gasteiger partial charge in [-0.2, -0.15) is 0 Å². The molecule has 1 amide bonds. The number of β-lactam (4-membered cyclic amide) rings is 1. The number of nitrogens with zero attached hydrogens (tertiary/aromatic N) is 1. The zero-order valence-corrected chi connectivity index (χ0v) is 7.06. The predicted octanol–water partition coefficient (Wildman–Crippen LogP) is -1.12. The Kier molecular flexibility index (Phi) is 1.63. The van der Waals surface area contributed by atoms with Crippen molar-refractivity contribution in [3.05, 3.63) is 11.6 Å². The molecule has 5 heteroatoms. The van der Waals surface area contributed by atoms with Gasteiger partial charge in [0.1, 0.15) is 6.73 Å². The molecule has 1 saturated heterocycles. The number of aliphatic hydroxyl groups is 1. The molecule has 2 atom stereocenters. The Morgan fingerprint density at radius 2 is 2.46 bits per heavy atom. The first kappa shape index (κ1) is 8.25. The minimum atomic E-state index is -0.424. The third kappa shape index (κ3) is 0.846. The topological polar surface area (TPSA) is 66.8 Å². The first-order chi connectivity index (χ1) is 6.20. The standard InChI is InChI=1S/C8H9NO4/c1-13-8(12)5-2-4-6(5)9(3-10)7(4)11/h2,4,6,10H,3H2,1H3/t4-,6-/m0/s1. The van der Waals surface area contributed by atoms with Crippen molar-refractivity contribution in [1.29, 1.82) is 0 Å². The van der Waals surface area contributed by atoms with Crippen molar-refractivity contribution in [2.45, 2.75) is 6.04 Å². The van der Waals surface area contributed by atoms with Gasteiger partial charge < -0.3 is 14.7 Å². The molecule has 1 N–H and O–H groups in total. The summed E-state index contributed by atoms with van der Waals surface area (Å²) in [6, 6.07) is -0.245. The predicted molar refractivity (Wildman–Crippen MR) is 41.3 cm³/mol. The summed E-state index contributed by atoms with van der Waals surface area (Å²) in [5, 5.41) is 8.78. The Labute approximate surface area is 74.6 Å². The summed E-state index contributed by atoms with van der Waals surface area (Å²) in [4.78, 5) is 23.4. The molecule has 0 spiro atoms. The lowest BCUT2D eigenvalue weighted by atomic mass is 9.72. The highest BCUT2D eigenvalue weighted by atomic mass is 16.5. The molecule has 0 aromatic carbocycles. The smallest absolute Gasteiger partial charge is 0.335 e. The molecule has 70 valence electrons. The molecule has 1 fully saturated rings. The number of esters is 1. The summed E-state index contributed by atoms with van der Waals surface area (Å²) in [6.45, 7) is -0.339. The Bertz CT molecular complexity index is 309. The van der Waals surface area contributed by atoms with Crippen molar-refractivity contribution in [2.24, 2.45) is 5.92 Å². The van der Waals surface area contributed by atoms with Crippen molar-refractivity contribution >= 4 is 11.9 Å². The molecule has 1 aliphatic carbocycles. The number of amides is 1. The van der Waals surface area contributed by atoms with E-state index in [9.17, 15) is 9.59 Å². The average molecular weight is 183 g/mol. The van der Waals surface area contributed by atoms with E-state index >= 15 is 0 Å². The van der Waals surface area contributed by atoms with Crippen LogP contribution in [0.2, 0.25) is 0 Å². The van der Waals surface area contributed by atoms with E-state index in [1.807, 2.05) is 0 Å². The number of likely N-dealkylation sites (tertiary alicyclic amines) is 1. The largest absolute Gasteiger partial charge is 0.466 e. The van der Waals surface area contributed by atoms with E-state index in [2.05, 4.69) is 4.74 Å². The average Bonchev–Trinajstić information content (AvgIpc) is 2.11. The summed E-state index contributed by atoms with van der Waals surface area (Å²) in [7, 11) is 1.29. The van der Waals surface area contributed by atoms with Crippen LogP contribution >= 0.6 is 0 Å². The number of carbonyl (C=O) groups is 2. The van der Waals surface area contributed by atoms with Gasteiger partial charge in [-0.3, -0.25) is 4.79 Å². The van der Waals surface area contributed by atoms with E-state index in [0.717, 1.165) is 0 Å². The fourth-order valence-corrected chi connectivity index (χ4v) is 1.74. The molecule has 0 saturated carbocycles. The Morgan fingerprint density at radius 3 is 3.00 bits per heavy atom. The van der Waals surface area contributed by atoms with Crippen LogP contribution in [0.1, 0.15) is 0 Å². The number of hydrogen-bond acceptors (Lipinski definition) is 4. The van der Waals surface area contributed by atoms with E-state index in [-0.39, 0.29) is 24.6 Å². The fourth-order valence-electron chi connectivity index (χ4n) is 1.74. The molecule has 0 aromatic heterocycles. The molecule has 2 aliphatic rings. The number of methoxy groups -OCH3 is 1. The van der Waals surface area contributed by atoms with Gasteiger partial charge in [0.15, 0.2) is 0 Å². The number of ether oxygens (including phenoxy) is 1. The van der Waals surface area contributed by atoms with Crippen molar-refractivity contribution < 1.29 is 19.4 Å². The van der Waals surface area contributed by atoms with Crippen LogP contribution in [0.25, 0.3) is 0 Å². The lowest BCUT2D eigenvalue weighted by Crippen LogP contribution is -2.66. The summed E-state index contributed by atoms with van der Waals surface area (Å²) in [5.74, 6) is -0.756. The van der Waals surface area contributed by atoms with Crippen LogP contribution < -0.4 is 0 Å². The quantitative estimate of drug-likeness (QED) is 0.435. The molecule has 0 unspecified atom stereocenters. The first-order valence-electron chi connectivity index (χ1n) is 3.92. The molecule has 0 radical (unpaired) electrons. The molecule has 0 aromatic rings. The Hall–Kier alpha value is -1.36. The van der Waals surface area contributed by atoms with Gasteiger partial charge in [0, 0.05) is 0 Å². The molecular formula is C8H9NO4. The van der Waals surface area contributed by atoms with Gasteiger partial charge in [0.25, 0.3) is 0 Å². The SMILES string of the molecule is COC(=O)C1=C[C@@H]2C(=O)N(CO)[C@H]12. The zero-order chi connectivity index (χ0) is 9.59. The first-order valence-corrected chi connectivity index (χ1v) is 3.92. The monoisotopic (exact) mass is 183 g/mol. The van der Waals surface area contributed by atoms with Crippen LogP contribution in [-0.4, -0.2) is 41.8 Å². The van der Waals surface area contributed by atoms with E-state index in [1.54, 1.807) is 6.08 Å². The van der Waals surface area contributed by atoms with Gasteiger partial charge in [0.05, 0.1) is 24.6 Å². The maximum absolute atomic E-state index is 11.1. The third-order valence-electron chi connectivity index (χ3n) is 2.50. The van der Waals surface area contributed by atoms with Crippen LogP contribution in [0.5, 0.6) is 0 Å². The van der Waals surface area contributed by atoms with Crippen LogP contribution in [-0.2, 0) is 14.3 Å². The molecule has 2 rings (SSSR count). The van der Waals surface area contributed by atoms with Crippen LogP contribution in [0.15, 0.2) is 11.6 Å². The van der Waals surface area contributed by atoms with Crippen LogP contribution in [0, 0.1) is 5.92 Å². The summed E-state index contributed by atoms with van der Waals surface area (Å²) in [5.41, 5.74) is 0.473. The van der Waals surface area contributed by atoms with E-state index in [1.165, 1.54) is 12.0 Å². The Morgan fingerprint density at radius 1 is 1.77 bits per heavy atom. The van der Waals surface area contributed by atoms with Crippen molar-refractivity contribution in [3.8, 4) is 0 Å². The maximum atomic E-state index is 11.1. The molecule has 1 aliphatic heterocycles. The van der Waals surface area contributed by atoms with Gasteiger partial charge in [-0.1, -0.05) is 6.08 Å². The second-order valence-corrected chi connectivity index (χ2v) is 3.03. The normalized spacial score (nSPS) is 29.8. The number of carbonyl (C=O) groups excluding carboxylic acids is 2. The highest BCUT2D eigenvalue weighted by Crippen LogP contribution is 2.41. The number of hydrogen-bond donors (Lipinski definition) is 1. The van der Waals surface area contributed by atoms with Gasteiger partial charge in [-0.05, 0) is 0 Å². The summed E-state index contributed by atoms with van der Waals surface area (Å²) < 4.78 is 4.51. The Balaban J connectivity index is 2.13. The minimum Gasteiger partial charge on any atom is -0.466 e. The second kappa shape index (κ2) is 2.56. The van der Waals surface area contributed by atoms with E-state index < -0.39 is 5.97 Å². The highest BCUT2D eigenvalue weighted by molar-refractivity contribution is 6.02. The second-order valence-electron chi connectivity index (χ2n) is 3.03. The summed E-state index contributed by atoms with van der Waals surface area (Å²) in [6.07, 6.45) is 1.59. The van der Waals surface area contributed by atoms with Crippen molar-refractivity contribution in [1.82, 2.24) is 4.90 Å². The third-order valence-corrected chi connectivity index (χ3v) is 2.50. The zero-order valence-electron chi connectivity index (χ0n) is 7.06. The lowest BCUT2D eigenvalue weighted by molar-refractivity contribution is -0.162. The highest BCUT2D eigenvalue weighted by Gasteiger charge is 2.55. The van der Waals surface area contributed by atoms with Gasteiger partial charge in [-0.25, -0.2) is 4.79 Å². The van der Waals surface area contributed by atoms with Gasteiger partial charge in [0.2, 0.25) is 5.91 Å². The minimum absolute atomic E-state index is 0.125. The van der Waals surface area contributed by atoms with E-state index in [4.69, 9.17) is 5.11 Å². The van der Waals surface area contributed by atoms with Gasteiger partial charge in [-0.15, -0.1) is 0 Å². The van der Waals surface area contributed by atoms with Crippen molar-refractivity contribution in [2.75, 3.05) is 13.8 Å². The fraction of sp³-hybridized carbons (Fsp3) is 0.500. The molecule has 0 bridgehead atoms. The lowest BCUT2D eigenvalue weighted by Gasteiger charge is -2.51.